The van der Waals surface area contributed by atoms with E-state index in [-0.39, 0.29) is 17.9 Å². The van der Waals surface area contributed by atoms with E-state index in [1.54, 1.807) is 24.3 Å². The molecule has 2 aromatic carbocycles. The van der Waals surface area contributed by atoms with Gasteiger partial charge in [-0.1, -0.05) is 23.7 Å². The largest absolute Gasteiger partial charge is 0.369 e. The molecule has 25 heavy (non-hydrogen) atoms. The first-order valence-electron chi connectivity index (χ1n) is 8.40. The summed E-state index contributed by atoms with van der Waals surface area (Å²) in [6.07, 6.45) is 2.18. The van der Waals surface area contributed by atoms with Crippen molar-refractivity contribution >= 4 is 29.0 Å². The van der Waals surface area contributed by atoms with E-state index in [1.807, 2.05) is 24.0 Å². The highest BCUT2D eigenvalue weighted by Gasteiger charge is 2.17. The third-order valence-corrected chi connectivity index (χ3v) is 4.62. The number of carbonyl (C=O) groups is 1. The van der Waals surface area contributed by atoms with Crippen molar-refractivity contribution < 1.29 is 9.18 Å². The van der Waals surface area contributed by atoms with Crippen LogP contribution in [0.15, 0.2) is 42.5 Å². The molecule has 1 heterocycles. The van der Waals surface area contributed by atoms with Crippen LogP contribution in [0.25, 0.3) is 0 Å². The smallest absolute Gasteiger partial charge is 0.319 e. The van der Waals surface area contributed by atoms with Crippen molar-refractivity contribution in [1.29, 1.82) is 0 Å². The van der Waals surface area contributed by atoms with Gasteiger partial charge < -0.3 is 15.5 Å². The van der Waals surface area contributed by atoms with Crippen LogP contribution < -0.4 is 15.5 Å². The second kappa shape index (κ2) is 7.74. The fraction of sp³-hybridized carbons (Fsp3) is 0.316. The summed E-state index contributed by atoms with van der Waals surface area (Å²) in [5.74, 6) is -0.314. The van der Waals surface area contributed by atoms with Crippen LogP contribution in [-0.2, 0) is 0 Å². The summed E-state index contributed by atoms with van der Waals surface area (Å²) in [6.45, 7) is 3.63. The lowest BCUT2D eigenvalue weighted by atomic mass is 10.1. The maximum Gasteiger partial charge on any atom is 0.319 e. The lowest BCUT2D eigenvalue weighted by molar-refractivity contribution is 0.249. The number of carbonyl (C=O) groups excluding carboxylic acids is 1. The Bertz CT molecular complexity index is 745. The Morgan fingerprint density at radius 1 is 1.16 bits per heavy atom. The number of rotatable bonds is 4. The van der Waals surface area contributed by atoms with Crippen LogP contribution in [0.5, 0.6) is 0 Å². The number of hydrogen-bond acceptors (Lipinski definition) is 2. The number of nitrogens with one attached hydrogen (secondary N) is 2. The number of urea groups is 1. The van der Waals surface area contributed by atoms with Gasteiger partial charge in [-0.2, -0.15) is 0 Å². The Kier molecular flexibility index (Phi) is 5.43. The minimum absolute atomic E-state index is 0.189. The average Bonchev–Trinajstić information content (AvgIpc) is 3.09. The van der Waals surface area contributed by atoms with Crippen LogP contribution in [-0.4, -0.2) is 19.1 Å². The molecular formula is C19H21ClFN3O. The van der Waals surface area contributed by atoms with Gasteiger partial charge in [-0.15, -0.1) is 0 Å². The third-order valence-electron chi connectivity index (χ3n) is 4.37. The number of hydrogen-bond donors (Lipinski definition) is 2. The number of anilines is 2. The molecule has 6 heteroatoms. The number of nitrogens with zero attached hydrogens (tertiary/aromatic N) is 1. The molecule has 0 saturated carbocycles. The van der Waals surface area contributed by atoms with Gasteiger partial charge in [0.1, 0.15) is 5.82 Å². The highest BCUT2D eigenvalue weighted by atomic mass is 35.5. The van der Waals surface area contributed by atoms with Gasteiger partial charge >= 0.3 is 6.03 Å². The molecular weight excluding hydrogens is 341 g/mol. The van der Waals surface area contributed by atoms with Crippen molar-refractivity contribution in [3.63, 3.8) is 0 Å². The molecule has 3 rings (SSSR count). The van der Waals surface area contributed by atoms with Crippen LogP contribution in [0.4, 0.5) is 20.6 Å². The van der Waals surface area contributed by atoms with Crippen LogP contribution in [0.1, 0.15) is 31.4 Å². The molecule has 0 bridgehead atoms. The molecule has 2 aromatic rings. The zero-order valence-electron chi connectivity index (χ0n) is 14.1. The summed E-state index contributed by atoms with van der Waals surface area (Å²) in [5, 5.41) is 6.15. The van der Waals surface area contributed by atoms with Crippen molar-refractivity contribution in [2.75, 3.05) is 23.3 Å². The van der Waals surface area contributed by atoms with E-state index in [9.17, 15) is 9.18 Å². The number of halogens is 2. The van der Waals surface area contributed by atoms with E-state index in [4.69, 9.17) is 11.6 Å². The monoisotopic (exact) mass is 361 g/mol. The van der Waals surface area contributed by atoms with Crippen LogP contribution >= 0.6 is 11.6 Å². The lowest BCUT2D eigenvalue weighted by Crippen LogP contribution is -2.31. The lowest BCUT2D eigenvalue weighted by Gasteiger charge is -2.19. The summed E-state index contributed by atoms with van der Waals surface area (Å²) >= 11 is 5.87. The topological polar surface area (TPSA) is 44.4 Å². The second-order valence-electron chi connectivity index (χ2n) is 6.23. The molecule has 4 nitrogen and oxygen atoms in total. The van der Waals surface area contributed by atoms with Crippen molar-refractivity contribution in [3.05, 3.63) is 58.9 Å². The van der Waals surface area contributed by atoms with Crippen molar-refractivity contribution in [3.8, 4) is 0 Å². The van der Waals surface area contributed by atoms with E-state index in [0.29, 0.717) is 16.4 Å². The van der Waals surface area contributed by atoms with E-state index in [1.165, 1.54) is 6.07 Å². The number of amides is 2. The molecule has 0 spiro atoms. The summed E-state index contributed by atoms with van der Waals surface area (Å²) < 4.78 is 14.3. The van der Waals surface area contributed by atoms with E-state index in [0.717, 1.165) is 31.5 Å². The predicted molar refractivity (Wildman–Crippen MR) is 99.9 cm³/mol. The fourth-order valence-corrected chi connectivity index (χ4v) is 3.12. The summed E-state index contributed by atoms with van der Waals surface area (Å²) in [7, 11) is 0. The number of benzene rings is 2. The third kappa shape index (κ3) is 4.42. The van der Waals surface area contributed by atoms with Gasteiger partial charge in [0.05, 0.1) is 11.7 Å². The molecule has 1 atom stereocenters. The standard InChI is InChI=1S/C19H21ClFN3O/c1-13(14-4-6-15(20)7-5-14)22-19(25)23-16-8-9-18(17(21)12-16)24-10-2-3-11-24/h4-9,12-13H,2-3,10-11H2,1H3,(H2,22,23,25). The van der Waals surface area contributed by atoms with Crippen molar-refractivity contribution in [1.82, 2.24) is 5.32 Å². The highest BCUT2D eigenvalue weighted by molar-refractivity contribution is 6.30. The molecule has 2 N–H and O–H groups in total. The maximum absolute atomic E-state index is 14.3. The zero-order valence-corrected chi connectivity index (χ0v) is 14.8. The fourth-order valence-electron chi connectivity index (χ4n) is 3.00. The van der Waals surface area contributed by atoms with Crippen molar-refractivity contribution in [2.24, 2.45) is 0 Å². The summed E-state index contributed by atoms with van der Waals surface area (Å²) in [6, 6.07) is 11.5. The molecule has 0 radical (unpaired) electrons. The van der Waals surface area contributed by atoms with E-state index in [2.05, 4.69) is 10.6 Å². The van der Waals surface area contributed by atoms with Gasteiger partial charge in [-0.25, -0.2) is 9.18 Å². The van der Waals surface area contributed by atoms with Gasteiger partial charge in [0.25, 0.3) is 0 Å². The van der Waals surface area contributed by atoms with Crippen molar-refractivity contribution in [2.45, 2.75) is 25.8 Å². The Hall–Kier alpha value is -2.27. The molecule has 1 aliphatic heterocycles. The van der Waals surface area contributed by atoms with Gasteiger partial charge in [0, 0.05) is 23.8 Å². The highest BCUT2D eigenvalue weighted by Crippen LogP contribution is 2.26. The van der Waals surface area contributed by atoms with E-state index >= 15 is 0 Å². The van der Waals surface area contributed by atoms with E-state index < -0.39 is 0 Å². The first-order valence-corrected chi connectivity index (χ1v) is 8.78. The predicted octanol–water partition coefficient (Wildman–Crippen LogP) is 4.96. The molecule has 1 unspecified atom stereocenters. The van der Waals surface area contributed by atoms with Crippen LogP contribution in [0.3, 0.4) is 0 Å². The van der Waals surface area contributed by atoms with Gasteiger partial charge in [0.15, 0.2) is 0 Å². The molecule has 132 valence electrons. The van der Waals surface area contributed by atoms with Gasteiger partial charge in [-0.05, 0) is 55.7 Å². The van der Waals surface area contributed by atoms with Crippen LogP contribution in [0.2, 0.25) is 5.02 Å². The van der Waals surface area contributed by atoms with Gasteiger partial charge in [-0.3, -0.25) is 0 Å². The zero-order chi connectivity index (χ0) is 17.8. The first kappa shape index (κ1) is 17.5. The SMILES string of the molecule is CC(NC(=O)Nc1ccc(N2CCCC2)c(F)c1)c1ccc(Cl)cc1. The molecule has 1 fully saturated rings. The Morgan fingerprint density at radius 2 is 1.84 bits per heavy atom. The first-order chi connectivity index (χ1) is 12.0. The molecule has 1 saturated heterocycles. The minimum atomic E-state index is -0.379. The second-order valence-corrected chi connectivity index (χ2v) is 6.67. The Balaban J connectivity index is 1.60. The molecule has 0 aliphatic carbocycles. The maximum atomic E-state index is 14.3. The Labute approximate surface area is 152 Å². The molecule has 1 aliphatic rings. The summed E-state index contributed by atoms with van der Waals surface area (Å²) in [5.41, 5.74) is 1.97. The van der Waals surface area contributed by atoms with Gasteiger partial charge in [0.2, 0.25) is 0 Å². The average molecular weight is 362 g/mol. The molecule has 0 aromatic heterocycles. The Morgan fingerprint density at radius 3 is 2.48 bits per heavy atom. The quantitative estimate of drug-likeness (QED) is 0.808. The minimum Gasteiger partial charge on any atom is -0.369 e. The normalized spacial score (nSPS) is 15.1. The molecule has 2 amide bonds. The van der Waals surface area contributed by atoms with Crippen LogP contribution in [0, 0.1) is 5.82 Å². The summed E-state index contributed by atoms with van der Waals surface area (Å²) in [4.78, 5) is 14.2.